The van der Waals surface area contributed by atoms with Gasteiger partial charge in [0, 0.05) is 0 Å². The summed E-state index contributed by atoms with van der Waals surface area (Å²) >= 11 is 0. The van der Waals surface area contributed by atoms with Crippen molar-refractivity contribution in [1.82, 2.24) is 0 Å². The summed E-state index contributed by atoms with van der Waals surface area (Å²) in [5.41, 5.74) is 2.44. The third kappa shape index (κ3) is 2.28. The van der Waals surface area contributed by atoms with Gasteiger partial charge in [-0.2, -0.15) is 0 Å². The Hall–Kier alpha value is -2.88. The van der Waals surface area contributed by atoms with Crippen molar-refractivity contribution in [2.24, 2.45) is 22.7 Å². The Balaban J connectivity index is 1.93. The predicted molar refractivity (Wildman–Crippen MR) is 114 cm³/mol. The van der Waals surface area contributed by atoms with Gasteiger partial charge in [0.1, 0.15) is 0 Å². The topological polar surface area (TPSA) is 52.6 Å². The Labute approximate surface area is 176 Å². The van der Waals surface area contributed by atoms with E-state index < -0.39 is 10.8 Å². The van der Waals surface area contributed by atoms with Crippen molar-refractivity contribution in [3.8, 4) is 0 Å². The molecule has 0 heterocycles. The molecule has 4 nitrogen and oxygen atoms in total. The molecule has 154 valence electrons. The lowest BCUT2D eigenvalue weighted by Crippen LogP contribution is -2.57. The van der Waals surface area contributed by atoms with Crippen molar-refractivity contribution in [2.75, 3.05) is 14.2 Å². The van der Waals surface area contributed by atoms with Crippen LogP contribution in [0.15, 0.2) is 60.7 Å². The molecular formula is C26H26O4. The third-order valence-electron chi connectivity index (χ3n) is 7.71. The third-order valence-corrected chi connectivity index (χ3v) is 7.71. The molecule has 0 N–H and O–H groups in total. The van der Waals surface area contributed by atoms with Crippen molar-refractivity contribution in [3.63, 3.8) is 0 Å². The first-order valence-electron chi connectivity index (χ1n) is 10.6. The van der Waals surface area contributed by atoms with Crippen LogP contribution in [0, 0.1) is 22.7 Å². The van der Waals surface area contributed by atoms with E-state index in [1.54, 1.807) is 0 Å². The Kier molecular flexibility index (Phi) is 4.35. The number of hydrogen-bond donors (Lipinski definition) is 0. The van der Waals surface area contributed by atoms with Gasteiger partial charge in [0.25, 0.3) is 0 Å². The molecule has 30 heavy (non-hydrogen) atoms. The van der Waals surface area contributed by atoms with Crippen molar-refractivity contribution in [1.29, 1.82) is 0 Å². The Bertz CT molecular complexity index is 1010. The summed E-state index contributed by atoms with van der Waals surface area (Å²) in [6, 6.07) is 20.1. The van der Waals surface area contributed by atoms with E-state index in [-0.39, 0.29) is 23.8 Å². The van der Waals surface area contributed by atoms with Gasteiger partial charge in [-0.15, -0.1) is 0 Å². The predicted octanol–water partition coefficient (Wildman–Crippen LogP) is 4.75. The highest BCUT2D eigenvalue weighted by Crippen LogP contribution is 2.74. The quantitative estimate of drug-likeness (QED) is 0.693. The molecule has 2 fully saturated rings. The van der Waals surface area contributed by atoms with Crippen LogP contribution >= 0.6 is 0 Å². The minimum atomic E-state index is -0.733. The van der Waals surface area contributed by atoms with Crippen molar-refractivity contribution >= 4 is 23.1 Å². The highest BCUT2D eigenvalue weighted by atomic mass is 16.5. The first-order valence-corrected chi connectivity index (χ1v) is 10.6. The standard InChI is InChI=1S/C26H26O4/c1-29-23(27)25-15-19-13-14-20(16-25)26(19,24(28)30-2)22(18-11-7-4-8-12-18)21(25)17-9-5-3-6-10-17/h3-12,19-20H,13-16H2,1-2H3. The average molecular weight is 402 g/mol. The van der Waals surface area contributed by atoms with Gasteiger partial charge in [-0.05, 0) is 59.8 Å². The minimum Gasteiger partial charge on any atom is -0.468 e. The number of ether oxygens (including phenoxy) is 2. The van der Waals surface area contributed by atoms with E-state index in [1.807, 2.05) is 60.7 Å². The van der Waals surface area contributed by atoms with Gasteiger partial charge in [0.15, 0.2) is 0 Å². The van der Waals surface area contributed by atoms with Gasteiger partial charge in [-0.25, -0.2) is 0 Å². The van der Waals surface area contributed by atoms with E-state index in [0.29, 0.717) is 12.8 Å². The van der Waals surface area contributed by atoms with Gasteiger partial charge >= 0.3 is 11.9 Å². The van der Waals surface area contributed by atoms with E-state index in [4.69, 9.17) is 9.47 Å². The lowest BCUT2D eigenvalue weighted by atomic mass is 9.44. The summed E-state index contributed by atoms with van der Waals surface area (Å²) in [7, 11) is 2.96. The molecule has 0 radical (unpaired) electrons. The largest absolute Gasteiger partial charge is 0.468 e. The molecule has 6 rings (SSSR count). The number of methoxy groups -OCH3 is 2. The number of hydrogen-bond acceptors (Lipinski definition) is 4. The molecule has 2 aromatic rings. The summed E-state index contributed by atoms with van der Waals surface area (Å²) in [6.07, 6.45) is 3.12. The highest BCUT2D eigenvalue weighted by molar-refractivity contribution is 6.12. The number of benzene rings is 2. The SMILES string of the molecule is COC(=O)C12CC3CCC(C1)C3(C(=O)OC)C(c1ccccc1)=C2c1ccccc1. The second kappa shape index (κ2) is 6.83. The normalized spacial score (nSPS) is 31.5. The number of rotatable bonds is 4. The molecular weight excluding hydrogens is 376 g/mol. The van der Waals surface area contributed by atoms with E-state index in [1.165, 1.54) is 14.2 Å². The molecule has 0 spiro atoms. The maximum Gasteiger partial charge on any atom is 0.316 e. The van der Waals surface area contributed by atoms with Gasteiger partial charge in [0.05, 0.1) is 25.0 Å². The van der Waals surface area contributed by atoms with Gasteiger partial charge in [-0.3, -0.25) is 9.59 Å². The van der Waals surface area contributed by atoms with Crippen molar-refractivity contribution < 1.29 is 19.1 Å². The average Bonchev–Trinajstić information content (AvgIpc) is 3.05. The smallest absolute Gasteiger partial charge is 0.316 e. The molecule has 4 aliphatic rings. The van der Waals surface area contributed by atoms with Crippen LogP contribution in [0.4, 0.5) is 0 Å². The summed E-state index contributed by atoms with van der Waals surface area (Å²) in [5, 5.41) is 0. The lowest BCUT2D eigenvalue weighted by Gasteiger charge is -2.57. The van der Waals surface area contributed by atoms with Crippen LogP contribution < -0.4 is 0 Å². The zero-order chi connectivity index (χ0) is 20.9. The van der Waals surface area contributed by atoms with Crippen molar-refractivity contribution in [3.05, 3.63) is 71.8 Å². The Morgan fingerprint density at radius 1 is 0.733 bits per heavy atom. The van der Waals surface area contributed by atoms with Crippen LogP contribution in [0.25, 0.3) is 11.1 Å². The summed E-state index contributed by atoms with van der Waals surface area (Å²) in [4.78, 5) is 26.9. The maximum absolute atomic E-state index is 13.5. The second-order valence-corrected chi connectivity index (χ2v) is 8.80. The summed E-state index contributed by atoms with van der Waals surface area (Å²) in [6.45, 7) is 0. The zero-order valence-corrected chi connectivity index (χ0v) is 17.4. The molecule has 4 bridgehead atoms. The fraction of sp³-hybridized carbons (Fsp3) is 0.385. The van der Waals surface area contributed by atoms with Gasteiger partial charge in [0.2, 0.25) is 0 Å². The summed E-state index contributed by atoms with van der Waals surface area (Å²) in [5.74, 6) is -0.207. The molecule has 4 aliphatic carbocycles. The van der Waals surface area contributed by atoms with Crippen molar-refractivity contribution in [2.45, 2.75) is 25.7 Å². The highest BCUT2D eigenvalue weighted by Gasteiger charge is 2.72. The van der Waals surface area contributed by atoms with E-state index in [2.05, 4.69) is 0 Å². The van der Waals surface area contributed by atoms with Crippen LogP contribution in [-0.2, 0) is 19.1 Å². The molecule has 4 heteroatoms. The number of esters is 2. The molecule has 0 aliphatic heterocycles. The van der Waals surface area contributed by atoms with Crippen LogP contribution in [0.5, 0.6) is 0 Å². The van der Waals surface area contributed by atoms with Gasteiger partial charge < -0.3 is 9.47 Å². The van der Waals surface area contributed by atoms with Crippen LogP contribution in [0.3, 0.4) is 0 Å². The zero-order valence-electron chi connectivity index (χ0n) is 17.4. The minimum absolute atomic E-state index is 0.0745. The monoisotopic (exact) mass is 402 g/mol. The van der Waals surface area contributed by atoms with Crippen LogP contribution in [0.1, 0.15) is 36.8 Å². The first-order chi connectivity index (χ1) is 14.6. The fourth-order valence-corrected chi connectivity index (χ4v) is 6.78. The molecule has 2 atom stereocenters. The molecule has 0 amide bonds. The maximum atomic E-state index is 13.5. The first kappa shape index (κ1) is 19.1. The molecule has 2 aromatic carbocycles. The second-order valence-electron chi connectivity index (χ2n) is 8.80. The van der Waals surface area contributed by atoms with Crippen LogP contribution in [-0.4, -0.2) is 26.2 Å². The molecule has 0 saturated heterocycles. The van der Waals surface area contributed by atoms with Gasteiger partial charge in [-0.1, -0.05) is 60.7 Å². The van der Waals surface area contributed by atoms with E-state index >= 15 is 0 Å². The Morgan fingerprint density at radius 3 is 1.67 bits per heavy atom. The van der Waals surface area contributed by atoms with Crippen LogP contribution in [0.2, 0.25) is 0 Å². The van der Waals surface area contributed by atoms with E-state index in [0.717, 1.165) is 35.1 Å². The fourth-order valence-electron chi connectivity index (χ4n) is 6.78. The Morgan fingerprint density at radius 2 is 1.20 bits per heavy atom. The summed E-state index contributed by atoms with van der Waals surface area (Å²) < 4.78 is 10.9. The molecule has 0 aromatic heterocycles. The number of carbonyl (C=O) groups excluding carboxylic acids is 2. The number of carbonyl (C=O) groups is 2. The lowest BCUT2D eigenvalue weighted by molar-refractivity contribution is -0.165. The molecule has 2 unspecified atom stereocenters. The van der Waals surface area contributed by atoms with E-state index in [9.17, 15) is 9.59 Å². The molecule has 2 saturated carbocycles.